The largest absolute Gasteiger partial charge is 0.423 e. The molecule has 0 bridgehead atoms. The second-order valence-electron chi connectivity index (χ2n) is 5.89. The zero-order chi connectivity index (χ0) is 20.8. The number of carbonyl (C=O) groups excluding carboxylic acids is 2. The fourth-order valence-electron chi connectivity index (χ4n) is 2.40. The number of carbonyl (C=O) groups is 2. The standard InChI is InChI=1S/C20H15N3O5S/c1-13-11-15(6-9-17(13)23(26)27)20(25)28-16-7-4-14(5-8-16)12-21-22-19(24)18-3-2-10-29-18/h2-12H,1H3,(H,22,24)/b21-12-. The zero-order valence-electron chi connectivity index (χ0n) is 15.2. The van der Waals surface area contributed by atoms with Crippen LogP contribution < -0.4 is 10.2 Å². The van der Waals surface area contributed by atoms with Crippen molar-refractivity contribution in [1.82, 2.24) is 5.43 Å². The Labute approximate surface area is 169 Å². The highest BCUT2D eigenvalue weighted by Gasteiger charge is 2.15. The van der Waals surface area contributed by atoms with Crippen molar-refractivity contribution < 1.29 is 19.2 Å². The van der Waals surface area contributed by atoms with E-state index in [1.807, 2.05) is 0 Å². The number of nitrogens with one attached hydrogen (secondary N) is 1. The minimum Gasteiger partial charge on any atom is -0.423 e. The quantitative estimate of drug-likeness (QED) is 0.218. The third kappa shape index (κ3) is 5.11. The number of esters is 1. The number of hydrogen-bond donors (Lipinski definition) is 1. The molecule has 1 aromatic heterocycles. The molecule has 3 rings (SSSR count). The Morgan fingerprint density at radius 1 is 1.17 bits per heavy atom. The maximum Gasteiger partial charge on any atom is 0.343 e. The van der Waals surface area contributed by atoms with E-state index in [0.29, 0.717) is 21.8 Å². The molecule has 1 heterocycles. The highest BCUT2D eigenvalue weighted by Crippen LogP contribution is 2.20. The Hall–Kier alpha value is -3.85. The van der Waals surface area contributed by atoms with Gasteiger partial charge in [-0.25, -0.2) is 10.2 Å². The number of hydrazone groups is 1. The van der Waals surface area contributed by atoms with Gasteiger partial charge in [0, 0.05) is 11.6 Å². The summed E-state index contributed by atoms with van der Waals surface area (Å²) in [6, 6.07) is 14.0. The van der Waals surface area contributed by atoms with Crippen molar-refractivity contribution in [2.45, 2.75) is 6.92 Å². The van der Waals surface area contributed by atoms with Crippen LogP contribution in [0.4, 0.5) is 5.69 Å². The van der Waals surface area contributed by atoms with E-state index < -0.39 is 10.9 Å². The van der Waals surface area contributed by atoms with E-state index in [-0.39, 0.29) is 17.2 Å². The molecule has 146 valence electrons. The number of nitrogens with zero attached hydrogens (tertiary/aromatic N) is 2. The molecule has 3 aromatic rings. The summed E-state index contributed by atoms with van der Waals surface area (Å²) in [7, 11) is 0. The van der Waals surface area contributed by atoms with Crippen molar-refractivity contribution in [3.63, 3.8) is 0 Å². The zero-order valence-corrected chi connectivity index (χ0v) is 16.0. The Bertz CT molecular complexity index is 1080. The summed E-state index contributed by atoms with van der Waals surface area (Å²) in [5, 5.41) is 16.5. The van der Waals surface area contributed by atoms with Gasteiger partial charge >= 0.3 is 5.97 Å². The van der Waals surface area contributed by atoms with E-state index in [9.17, 15) is 19.7 Å². The summed E-state index contributed by atoms with van der Waals surface area (Å²) in [5.41, 5.74) is 3.66. The van der Waals surface area contributed by atoms with Crippen LogP contribution in [-0.2, 0) is 0 Å². The van der Waals surface area contributed by atoms with Crippen LogP contribution in [0.25, 0.3) is 0 Å². The van der Waals surface area contributed by atoms with Gasteiger partial charge in [0.15, 0.2) is 0 Å². The minimum atomic E-state index is -0.618. The van der Waals surface area contributed by atoms with Crippen LogP contribution in [-0.4, -0.2) is 23.0 Å². The second-order valence-corrected chi connectivity index (χ2v) is 6.84. The maximum atomic E-state index is 12.2. The molecule has 8 nitrogen and oxygen atoms in total. The lowest BCUT2D eigenvalue weighted by molar-refractivity contribution is -0.385. The minimum absolute atomic E-state index is 0.0589. The predicted molar refractivity (Wildman–Crippen MR) is 109 cm³/mol. The van der Waals surface area contributed by atoms with Crippen molar-refractivity contribution in [2.75, 3.05) is 0 Å². The molecule has 0 aliphatic rings. The van der Waals surface area contributed by atoms with Gasteiger partial charge in [0.1, 0.15) is 5.75 Å². The van der Waals surface area contributed by atoms with Gasteiger partial charge in [0.05, 0.1) is 21.6 Å². The third-order valence-electron chi connectivity index (χ3n) is 3.84. The highest BCUT2D eigenvalue weighted by atomic mass is 32.1. The third-order valence-corrected chi connectivity index (χ3v) is 4.71. The van der Waals surface area contributed by atoms with Gasteiger partial charge in [-0.05, 0) is 60.3 Å². The van der Waals surface area contributed by atoms with E-state index in [1.54, 1.807) is 48.7 Å². The number of rotatable bonds is 6. The van der Waals surface area contributed by atoms with Crippen LogP contribution in [0.3, 0.4) is 0 Å². The first-order valence-corrected chi connectivity index (χ1v) is 9.26. The number of hydrogen-bond acceptors (Lipinski definition) is 7. The Kier molecular flexibility index (Phi) is 6.10. The summed E-state index contributed by atoms with van der Waals surface area (Å²) in [6.45, 7) is 1.56. The molecule has 0 radical (unpaired) electrons. The number of amides is 1. The molecule has 0 aliphatic heterocycles. The van der Waals surface area contributed by atoms with E-state index >= 15 is 0 Å². The lowest BCUT2D eigenvalue weighted by Crippen LogP contribution is -2.16. The van der Waals surface area contributed by atoms with Crippen LogP contribution in [0.5, 0.6) is 5.75 Å². The molecule has 9 heteroatoms. The Morgan fingerprint density at radius 3 is 2.55 bits per heavy atom. The van der Waals surface area contributed by atoms with Gasteiger partial charge in [0.2, 0.25) is 0 Å². The molecule has 0 aliphatic carbocycles. The van der Waals surface area contributed by atoms with E-state index in [4.69, 9.17) is 4.74 Å². The smallest absolute Gasteiger partial charge is 0.343 e. The van der Waals surface area contributed by atoms with Crippen molar-refractivity contribution in [2.24, 2.45) is 5.10 Å². The first kappa shape index (κ1) is 19.9. The fraction of sp³-hybridized carbons (Fsp3) is 0.0500. The average molecular weight is 409 g/mol. The number of nitro benzene ring substituents is 1. The molecule has 0 fully saturated rings. The molecule has 2 aromatic carbocycles. The highest BCUT2D eigenvalue weighted by molar-refractivity contribution is 7.12. The predicted octanol–water partition coefficient (Wildman–Crippen LogP) is 3.95. The van der Waals surface area contributed by atoms with Gasteiger partial charge in [-0.3, -0.25) is 14.9 Å². The van der Waals surface area contributed by atoms with Crippen molar-refractivity contribution in [3.05, 3.63) is 91.7 Å². The number of benzene rings is 2. The first-order chi connectivity index (χ1) is 13.9. The second kappa shape index (κ2) is 8.89. The fourth-order valence-corrected chi connectivity index (χ4v) is 3.02. The van der Waals surface area contributed by atoms with Crippen LogP contribution in [0.2, 0.25) is 0 Å². The van der Waals surface area contributed by atoms with E-state index in [1.165, 1.54) is 35.8 Å². The van der Waals surface area contributed by atoms with Gasteiger partial charge in [-0.1, -0.05) is 6.07 Å². The molecular weight excluding hydrogens is 394 g/mol. The van der Waals surface area contributed by atoms with Crippen LogP contribution in [0.15, 0.2) is 65.1 Å². The summed E-state index contributed by atoms with van der Waals surface area (Å²) in [5.74, 6) is -0.599. The topological polar surface area (TPSA) is 111 Å². The summed E-state index contributed by atoms with van der Waals surface area (Å²) in [4.78, 5) is 34.9. The summed E-state index contributed by atoms with van der Waals surface area (Å²) < 4.78 is 5.28. The Morgan fingerprint density at radius 2 is 1.93 bits per heavy atom. The van der Waals surface area contributed by atoms with E-state index in [0.717, 1.165) is 0 Å². The summed E-state index contributed by atoms with van der Waals surface area (Å²) >= 11 is 1.32. The van der Waals surface area contributed by atoms with Gasteiger partial charge in [0.25, 0.3) is 11.6 Å². The van der Waals surface area contributed by atoms with Crippen molar-refractivity contribution in [1.29, 1.82) is 0 Å². The molecule has 0 saturated heterocycles. The van der Waals surface area contributed by atoms with Crippen LogP contribution in [0.1, 0.15) is 31.2 Å². The van der Waals surface area contributed by atoms with Crippen LogP contribution in [0, 0.1) is 17.0 Å². The Balaban J connectivity index is 1.59. The SMILES string of the molecule is Cc1cc(C(=O)Oc2ccc(/C=N\NC(=O)c3cccs3)cc2)ccc1[N+](=O)[O-]. The van der Waals surface area contributed by atoms with Crippen molar-refractivity contribution >= 4 is 35.1 Å². The maximum absolute atomic E-state index is 12.2. The molecule has 1 amide bonds. The van der Waals surface area contributed by atoms with Crippen molar-refractivity contribution in [3.8, 4) is 5.75 Å². The molecule has 0 spiro atoms. The number of thiophene rings is 1. The molecule has 1 N–H and O–H groups in total. The van der Waals surface area contributed by atoms with E-state index in [2.05, 4.69) is 10.5 Å². The normalized spacial score (nSPS) is 10.7. The van der Waals surface area contributed by atoms with Gasteiger partial charge in [-0.15, -0.1) is 11.3 Å². The molecule has 0 saturated carbocycles. The number of nitro groups is 1. The molecular formula is C20H15N3O5S. The monoisotopic (exact) mass is 409 g/mol. The number of aryl methyl sites for hydroxylation is 1. The van der Waals surface area contributed by atoms with Gasteiger partial charge < -0.3 is 4.74 Å². The van der Waals surface area contributed by atoms with Crippen LogP contribution >= 0.6 is 11.3 Å². The first-order valence-electron chi connectivity index (χ1n) is 8.38. The van der Waals surface area contributed by atoms with Gasteiger partial charge in [-0.2, -0.15) is 5.10 Å². The lowest BCUT2D eigenvalue weighted by Gasteiger charge is -2.05. The molecule has 0 unspecified atom stereocenters. The summed E-state index contributed by atoms with van der Waals surface area (Å²) in [6.07, 6.45) is 1.47. The lowest BCUT2D eigenvalue weighted by atomic mass is 10.1. The molecule has 29 heavy (non-hydrogen) atoms. The number of ether oxygens (including phenoxy) is 1. The average Bonchev–Trinajstić information content (AvgIpc) is 3.24. The molecule has 0 atom stereocenters.